The molecule has 1 spiro atoms. The third kappa shape index (κ3) is 6.61. The smallest absolute Gasteiger partial charge is 0.410 e. The highest BCUT2D eigenvalue weighted by atomic mass is 32.1. The summed E-state index contributed by atoms with van der Waals surface area (Å²) in [7, 11) is 0. The van der Waals surface area contributed by atoms with Crippen LogP contribution in [0.5, 0.6) is 5.75 Å². The number of hydrogen-bond donors (Lipinski definition) is 0. The minimum atomic E-state index is -0.503. The van der Waals surface area contributed by atoms with Crippen molar-refractivity contribution >= 4 is 17.4 Å². The van der Waals surface area contributed by atoms with Crippen LogP contribution >= 0.6 is 11.3 Å². The number of likely N-dealkylation sites (tertiary alicyclic amines) is 1. The minimum absolute atomic E-state index is 0.257. The number of hydrogen-bond acceptors (Lipinski definition) is 7. The van der Waals surface area contributed by atoms with E-state index >= 15 is 0 Å². The molecule has 3 aliphatic rings. The Labute approximate surface area is 260 Å². The molecule has 3 aliphatic heterocycles. The topological polar surface area (TPSA) is 64.1 Å². The van der Waals surface area contributed by atoms with E-state index in [2.05, 4.69) is 55.1 Å². The van der Waals surface area contributed by atoms with E-state index in [1.165, 1.54) is 42.6 Å². The second-order valence-electron chi connectivity index (χ2n) is 13.5. The SMILES string of the molecule is Cc1c(OCCCN2CC3(CCCOC3)C2)cccc1-c1cccc(-c2nc3c(s2)CN(C(=O)OC(C)(C)C)CC3)c1C. The van der Waals surface area contributed by atoms with Crippen LogP contribution in [0.1, 0.15) is 61.7 Å². The standard InChI is InChI=1S/C35H45N3O4S/c1-24-26(10-6-12-28(24)32-36-29-14-17-38(20-31(29)43-32)33(39)42-34(3,4)5)27-11-7-13-30(25(27)2)41-19-9-16-37-21-35(22-37)15-8-18-40-23-35/h6-7,10-13H,8-9,14-23H2,1-5H3. The van der Waals surface area contributed by atoms with Gasteiger partial charge in [-0.2, -0.15) is 0 Å². The fourth-order valence-corrected chi connectivity index (χ4v) is 7.91. The van der Waals surface area contributed by atoms with Gasteiger partial charge in [-0.1, -0.05) is 30.3 Å². The lowest BCUT2D eigenvalue weighted by atomic mass is 9.75. The highest BCUT2D eigenvalue weighted by Crippen LogP contribution is 2.40. The van der Waals surface area contributed by atoms with Crippen molar-refractivity contribution in [3.8, 4) is 27.4 Å². The van der Waals surface area contributed by atoms with Crippen LogP contribution < -0.4 is 4.74 Å². The Kier molecular flexibility index (Phi) is 8.55. The number of aromatic nitrogens is 1. The minimum Gasteiger partial charge on any atom is -0.493 e. The van der Waals surface area contributed by atoms with Crippen LogP contribution in [0.4, 0.5) is 4.79 Å². The van der Waals surface area contributed by atoms with Crippen LogP contribution in [-0.4, -0.2) is 72.5 Å². The van der Waals surface area contributed by atoms with Crippen molar-refractivity contribution in [3.05, 3.63) is 58.1 Å². The first-order valence-electron chi connectivity index (χ1n) is 15.7. The lowest BCUT2D eigenvalue weighted by Crippen LogP contribution is -2.59. The van der Waals surface area contributed by atoms with Gasteiger partial charge in [-0.15, -0.1) is 11.3 Å². The number of amides is 1. The molecule has 7 nitrogen and oxygen atoms in total. The maximum absolute atomic E-state index is 12.7. The van der Waals surface area contributed by atoms with E-state index in [1.807, 2.05) is 20.8 Å². The molecule has 0 saturated carbocycles. The first-order valence-corrected chi connectivity index (χ1v) is 16.5. The molecule has 43 heavy (non-hydrogen) atoms. The molecule has 2 saturated heterocycles. The molecule has 1 amide bonds. The van der Waals surface area contributed by atoms with Gasteiger partial charge in [0.15, 0.2) is 0 Å². The number of thiazole rings is 1. The molecule has 4 heterocycles. The van der Waals surface area contributed by atoms with Crippen molar-refractivity contribution in [2.75, 3.05) is 46.0 Å². The zero-order chi connectivity index (χ0) is 30.2. The number of ether oxygens (including phenoxy) is 3. The summed E-state index contributed by atoms with van der Waals surface area (Å²) >= 11 is 1.69. The van der Waals surface area contributed by atoms with Gasteiger partial charge in [0.05, 0.1) is 25.5 Å². The third-order valence-corrected chi connectivity index (χ3v) is 10.0. The Hall–Kier alpha value is -2.94. The molecule has 1 aromatic heterocycles. The maximum atomic E-state index is 12.7. The van der Waals surface area contributed by atoms with E-state index in [-0.39, 0.29) is 6.09 Å². The Morgan fingerprint density at radius 3 is 2.56 bits per heavy atom. The first-order chi connectivity index (χ1) is 20.6. The highest BCUT2D eigenvalue weighted by molar-refractivity contribution is 7.15. The van der Waals surface area contributed by atoms with Gasteiger partial charge >= 0.3 is 6.09 Å². The number of rotatable bonds is 7. The Balaban J connectivity index is 1.11. The van der Waals surface area contributed by atoms with E-state index in [4.69, 9.17) is 19.2 Å². The lowest BCUT2D eigenvalue weighted by molar-refractivity contribution is -0.101. The molecule has 0 atom stereocenters. The van der Waals surface area contributed by atoms with Crippen LogP contribution in [-0.2, 0) is 22.4 Å². The van der Waals surface area contributed by atoms with E-state index in [0.717, 1.165) is 65.1 Å². The van der Waals surface area contributed by atoms with Crippen LogP contribution in [0.25, 0.3) is 21.7 Å². The summed E-state index contributed by atoms with van der Waals surface area (Å²) in [4.78, 5) is 23.2. The number of carbonyl (C=O) groups is 1. The molecule has 0 bridgehead atoms. The van der Waals surface area contributed by atoms with E-state index in [9.17, 15) is 4.79 Å². The molecule has 0 aliphatic carbocycles. The molecule has 0 radical (unpaired) electrons. The quantitative estimate of drug-likeness (QED) is 0.265. The second-order valence-corrected chi connectivity index (χ2v) is 14.6. The Bertz CT molecular complexity index is 1460. The molecule has 3 aromatic rings. The fourth-order valence-electron chi connectivity index (χ4n) is 6.70. The molecular formula is C35H45N3O4S. The maximum Gasteiger partial charge on any atom is 0.410 e. The summed E-state index contributed by atoms with van der Waals surface area (Å²) in [5, 5.41) is 1.01. The van der Waals surface area contributed by atoms with E-state index < -0.39 is 5.60 Å². The number of carbonyl (C=O) groups excluding carboxylic acids is 1. The fraction of sp³-hybridized carbons (Fsp3) is 0.543. The van der Waals surface area contributed by atoms with Crippen LogP contribution in [0, 0.1) is 19.3 Å². The van der Waals surface area contributed by atoms with Crippen molar-refractivity contribution < 1.29 is 19.0 Å². The van der Waals surface area contributed by atoms with E-state index in [1.54, 1.807) is 16.2 Å². The van der Waals surface area contributed by atoms with Gasteiger partial charge in [-0.05, 0) is 82.2 Å². The Morgan fingerprint density at radius 2 is 1.81 bits per heavy atom. The van der Waals surface area contributed by atoms with Crippen LogP contribution in [0.2, 0.25) is 0 Å². The lowest BCUT2D eigenvalue weighted by Gasteiger charge is -2.52. The summed E-state index contributed by atoms with van der Waals surface area (Å²) in [6, 6.07) is 12.8. The normalized spacial score (nSPS) is 18.3. The summed E-state index contributed by atoms with van der Waals surface area (Å²) < 4.78 is 17.7. The highest BCUT2D eigenvalue weighted by Gasteiger charge is 2.43. The third-order valence-electron chi connectivity index (χ3n) is 8.92. The molecule has 2 fully saturated rings. The first kappa shape index (κ1) is 30.1. The molecule has 230 valence electrons. The van der Waals surface area contributed by atoms with Gasteiger partial charge in [0.1, 0.15) is 16.4 Å². The largest absolute Gasteiger partial charge is 0.493 e. The van der Waals surface area contributed by atoms with Crippen molar-refractivity contribution in [1.29, 1.82) is 0 Å². The van der Waals surface area contributed by atoms with Crippen LogP contribution in [0.15, 0.2) is 36.4 Å². The van der Waals surface area contributed by atoms with Crippen molar-refractivity contribution in [3.63, 3.8) is 0 Å². The summed E-state index contributed by atoms with van der Waals surface area (Å²) in [5.74, 6) is 0.954. The zero-order valence-corrected chi connectivity index (χ0v) is 27.1. The predicted molar refractivity (Wildman–Crippen MR) is 172 cm³/mol. The van der Waals surface area contributed by atoms with Gasteiger partial charge in [0, 0.05) is 55.1 Å². The van der Waals surface area contributed by atoms with Crippen molar-refractivity contribution in [2.24, 2.45) is 5.41 Å². The summed E-state index contributed by atoms with van der Waals surface area (Å²) in [6.45, 7) is 17.2. The second kappa shape index (κ2) is 12.2. The molecule has 0 N–H and O–H groups in total. The molecule has 8 heteroatoms. The monoisotopic (exact) mass is 603 g/mol. The number of fused-ring (bicyclic) bond motifs is 1. The summed E-state index contributed by atoms with van der Waals surface area (Å²) in [5.41, 5.74) is 6.92. The molecule has 6 rings (SSSR count). The van der Waals surface area contributed by atoms with Crippen molar-refractivity contribution in [2.45, 2.75) is 72.4 Å². The average Bonchev–Trinajstić information content (AvgIpc) is 3.38. The number of benzene rings is 2. The van der Waals surface area contributed by atoms with Crippen molar-refractivity contribution in [1.82, 2.24) is 14.8 Å². The van der Waals surface area contributed by atoms with Gasteiger partial charge in [0.25, 0.3) is 0 Å². The van der Waals surface area contributed by atoms with Crippen LogP contribution in [0.3, 0.4) is 0 Å². The van der Waals surface area contributed by atoms with Gasteiger partial charge in [0.2, 0.25) is 0 Å². The average molecular weight is 604 g/mol. The summed E-state index contributed by atoms with van der Waals surface area (Å²) in [6.07, 6.45) is 4.02. The predicted octanol–water partition coefficient (Wildman–Crippen LogP) is 7.27. The van der Waals surface area contributed by atoms with Gasteiger partial charge < -0.3 is 24.0 Å². The van der Waals surface area contributed by atoms with E-state index in [0.29, 0.717) is 25.1 Å². The number of nitrogens with zero attached hydrogens (tertiary/aromatic N) is 3. The van der Waals surface area contributed by atoms with Gasteiger partial charge in [-0.3, -0.25) is 0 Å². The molecular weight excluding hydrogens is 558 g/mol. The Morgan fingerprint density at radius 1 is 1.07 bits per heavy atom. The van der Waals surface area contributed by atoms with Gasteiger partial charge in [-0.25, -0.2) is 9.78 Å². The molecule has 0 unspecified atom stereocenters. The molecule has 2 aromatic carbocycles. The zero-order valence-electron chi connectivity index (χ0n) is 26.3.